The topological polar surface area (TPSA) is 127 Å². The van der Waals surface area contributed by atoms with Crippen LogP contribution in [0.15, 0.2) is 48.9 Å². The number of fused-ring (bicyclic) bond motifs is 1. The first-order valence-electron chi connectivity index (χ1n) is 12.3. The van der Waals surface area contributed by atoms with Gasteiger partial charge in [0, 0.05) is 55.3 Å². The Morgan fingerprint density at radius 1 is 1.00 bits per heavy atom. The molecule has 2 fully saturated rings. The van der Waals surface area contributed by atoms with E-state index < -0.39 is 0 Å². The smallest absolute Gasteiger partial charge is 0.260 e. The van der Waals surface area contributed by atoms with Gasteiger partial charge in [0.05, 0.1) is 23.7 Å². The number of carbonyl (C=O) groups is 2. The lowest BCUT2D eigenvalue weighted by Crippen LogP contribution is -2.46. The zero-order valence-corrected chi connectivity index (χ0v) is 19.9. The number of carbonyl (C=O) groups excluding carboxylic acids is 2. The molecule has 2 amide bonds. The van der Waals surface area contributed by atoms with Crippen molar-refractivity contribution in [2.75, 3.05) is 36.8 Å². The van der Waals surface area contributed by atoms with Crippen molar-refractivity contribution in [2.45, 2.75) is 37.8 Å². The molecule has 2 saturated heterocycles. The lowest BCUT2D eigenvalue weighted by molar-refractivity contribution is -0.132. The maximum atomic E-state index is 12.9. The molecular weight excluding hydrogens is 456 g/mol. The first kappa shape index (κ1) is 23.6. The third kappa shape index (κ3) is 5.11. The van der Waals surface area contributed by atoms with Gasteiger partial charge in [0.1, 0.15) is 6.04 Å². The van der Waals surface area contributed by atoms with Crippen LogP contribution in [0.3, 0.4) is 0 Å². The van der Waals surface area contributed by atoms with Crippen LogP contribution in [0.2, 0.25) is 0 Å². The molecule has 2 aromatic heterocycles. The first-order chi connectivity index (χ1) is 17.6. The van der Waals surface area contributed by atoms with Gasteiger partial charge < -0.3 is 10.2 Å². The SMILES string of the molecule is N#CC1CCCN1C(=O)CN1CCC(Nc2ccc(C(=O)Nc3ncccn3)c3ncccc23)CC1. The highest BCUT2D eigenvalue weighted by Crippen LogP contribution is 2.28. The van der Waals surface area contributed by atoms with Crippen LogP contribution in [0.1, 0.15) is 36.0 Å². The summed E-state index contributed by atoms with van der Waals surface area (Å²) in [6, 6.07) is 11.4. The van der Waals surface area contributed by atoms with Crippen LogP contribution >= 0.6 is 0 Å². The summed E-state index contributed by atoms with van der Waals surface area (Å²) in [5, 5.41) is 16.5. The molecule has 1 atom stereocenters. The van der Waals surface area contributed by atoms with E-state index in [-0.39, 0.29) is 29.8 Å². The second kappa shape index (κ2) is 10.7. The normalized spacial score (nSPS) is 18.6. The molecule has 184 valence electrons. The minimum Gasteiger partial charge on any atom is -0.382 e. The third-order valence-electron chi connectivity index (χ3n) is 6.83. The molecule has 4 heterocycles. The Morgan fingerprint density at radius 3 is 2.56 bits per heavy atom. The van der Waals surface area contributed by atoms with E-state index in [1.54, 1.807) is 35.6 Å². The van der Waals surface area contributed by atoms with Crippen LogP contribution in [0.5, 0.6) is 0 Å². The molecule has 1 aromatic carbocycles. The molecule has 0 spiro atoms. The number of nitrogens with one attached hydrogen (secondary N) is 2. The van der Waals surface area contributed by atoms with Crippen molar-refractivity contribution >= 4 is 34.4 Å². The van der Waals surface area contributed by atoms with Crippen molar-refractivity contribution in [3.63, 3.8) is 0 Å². The van der Waals surface area contributed by atoms with Crippen LogP contribution in [0, 0.1) is 11.3 Å². The summed E-state index contributed by atoms with van der Waals surface area (Å²) in [6.07, 6.45) is 8.28. The minimum atomic E-state index is -0.314. The Kier molecular flexibility index (Phi) is 7.00. The predicted molar refractivity (Wildman–Crippen MR) is 135 cm³/mol. The summed E-state index contributed by atoms with van der Waals surface area (Å²) in [6.45, 7) is 2.67. The lowest BCUT2D eigenvalue weighted by Gasteiger charge is -2.33. The Hall–Kier alpha value is -4.10. The van der Waals surface area contributed by atoms with Gasteiger partial charge in [-0.25, -0.2) is 9.97 Å². The molecule has 2 N–H and O–H groups in total. The monoisotopic (exact) mass is 484 g/mol. The Morgan fingerprint density at radius 2 is 1.78 bits per heavy atom. The molecule has 0 bridgehead atoms. The number of nitrogens with zero attached hydrogens (tertiary/aromatic N) is 6. The van der Waals surface area contributed by atoms with Gasteiger partial charge >= 0.3 is 0 Å². The van der Waals surface area contributed by atoms with E-state index in [1.807, 2.05) is 18.2 Å². The van der Waals surface area contributed by atoms with Gasteiger partial charge in [-0.2, -0.15) is 5.26 Å². The zero-order valence-electron chi connectivity index (χ0n) is 19.9. The second-order valence-electron chi connectivity index (χ2n) is 9.16. The molecule has 0 radical (unpaired) electrons. The predicted octanol–water partition coefficient (Wildman–Crippen LogP) is 2.67. The molecule has 36 heavy (non-hydrogen) atoms. The molecule has 10 nitrogen and oxygen atoms in total. The Labute approximate surface area is 209 Å². The number of rotatable bonds is 6. The number of anilines is 2. The fraction of sp³-hybridized carbons (Fsp3) is 0.385. The van der Waals surface area contributed by atoms with E-state index in [2.05, 4.69) is 36.6 Å². The van der Waals surface area contributed by atoms with Gasteiger partial charge in [0.25, 0.3) is 5.91 Å². The first-order valence-corrected chi connectivity index (χ1v) is 12.3. The van der Waals surface area contributed by atoms with Crippen molar-refractivity contribution in [1.29, 1.82) is 5.26 Å². The number of pyridine rings is 1. The van der Waals surface area contributed by atoms with Crippen LogP contribution in [0.25, 0.3) is 10.9 Å². The van der Waals surface area contributed by atoms with Crippen LogP contribution < -0.4 is 10.6 Å². The zero-order chi connectivity index (χ0) is 24.9. The van der Waals surface area contributed by atoms with E-state index >= 15 is 0 Å². The molecule has 10 heteroatoms. The summed E-state index contributed by atoms with van der Waals surface area (Å²) >= 11 is 0. The number of benzene rings is 1. The average Bonchev–Trinajstić information content (AvgIpc) is 3.40. The Bertz CT molecular complexity index is 1280. The average molecular weight is 485 g/mol. The Balaban J connectivity index is 1.22. The summed E-state index contributed by atoms with van der Waals surface area (Å²) in [7, 11) is 0. The standard InChI is InChI=1S/C26H28N8O2/c27-16-19-4-2-13-34(19)23(35)17-33-14-8-18(9-15-33)31-22-7-6-21(24-20(22)5-1-10-28-24)25(36)32-26-29-11-3-12-30-26/h1,3,5-7,10-12,18-19,31H,2,4,8-9,13-15,17H2,(H,29,30,32,36). The van der Waals surface area contributed by atoms with Gasteiger partial charge in [0.15, 0.2) is 0 Å². The molecule has 1 unspecified atom stereocenters. The molecule has 2 aliphatic heterocycles. The van der Waals surface area contributed by atoms with Gasteiger partial charge in [-0.05, 0) is 56.0 Å². The highest BCUT2D eigenvalue weighted by molar-refractivity contribution is 6.13. The minimum absolute atomic E-state index is 0.0531. The number of aromatic nitrogens is 3. The molecule has 0 aliphatic carbocycles. The number of hydrogen-bond acceptors (Lipinski definition) is 8. The molecule has 3 aromatic rings. The number of piperidine rings is 1. The largest absolute Gasteiger partial charge is 0.382 e. The van der Waals surface area contributed by atoms with Crippen LogP contribution in [0.4, 0.5) is 11.6 Å². The maximum absolute atomic E-state index is 12.9. The van der Waals surface area contributed by atoms with Crippen molar-refractivity contribution in [2.24, 2.45) is 0 Å². The van der Waals surface area contributed by atoms with Gasteiger partial charge in [-0.1, -0.05) is 0 Å². The van der Waals surface area contributed by atoms with Crippen molar-refractivity contribution in [1.82, 2.24) is 24.8 Å². The van der Waals surface area contributed by atoms with Gasteiger partial charge in [0.2, 0.25) is 11.9 Å². The lowest BCUT2D eigenvalue weighted by atomic mass is 10.0. The third-order valence-corrected chi connectivity index (χ3v) is 6.83. The molecule has 5 rings (SSSR count). The fourth-order valence-corrected chi connectivity index (χ4v) is 4.95. The van der Waals surface area contributed by atoms with E-state index in [0.29, 0.717) is 24.2 Å². The molecule has 2 aliphatic rings. The summed E-state index contributed by atoms with van der Waals surface area (Å²) < 4.78 is 0. The number of amides is 2. The summed E-state index contributed by atoms with van der Waals surface area (Å²) in [5.41, 5.74) is 1.99. The van der Waals surface area contributed by atoms with Gasteiger partial charge in [-0.15, -0.1) is 0 Å². The van der Waals surface area contributed by atoms with E-state index in [9.17, 15) is 14.9 Å². The number of likely N-dealkylation sites (tertiary alicyclic amines) is 2. The molecule has 0 saturated carbocycles. The van der Waals surface area contributed by atoms with Crippen LogP contribution in [-0.2, 0) is 4.79 Å². The van der Waals surface area contributed by atoms with E-state index in [0.717, 1.165) is 49.8 Å². The highest BCUT2D eigenvalue weighted by Gasteiger charge is 2.30. The fourth-order valence-electron chi connectivity index (χ4n) is 4.95. The number of nitriles is 1. The second-order valence-corrected chi connectivity index (χ2v) is 9.16. The van der Waals surface area contributed by atoms with E-state index in [1.165, 1.54) is 0 Å². The molecular formula is C26H28N8O2. The summed E-state index contributed by atoms with van der Waals surface area (Å²) in [4.78, 5) is 42.0. The number of hydrogen-bond donors (Lipinski definition) is 2. The maximum Gasteiger partial charge on any atom is 0.260 e. The van der Waals surface area contributed by atoms with Crippen LogP contribution in [-0.4, -0.2) is 74.8 Å². The van der Waals surface area contributed by atoms with Crippen molar-refractivity contribution in [3.05, 3.63) is 54.5 Å². The highest BCUT2D eigenvalue weighted by atomic mass is 16.2. The van der Waals surface area contributed by atoms with Crippen molar-refractivity contribution in [3.8, 4) is 6.07 Å². The van der Waals surface area contributed by atoms with Crippen molar-refractivity contribution < 1.29 is 9.59 Å². The van der Waals surface area contributed by atoms with E-state index in [4.69, 9.17) is 0 Å². The quantitative estimate of drug-likeness (QED) is 0.547. The summed E-state index contributed by atoms with van der Waals surface area (Å²) in [5.74, 6) is -0.0183. The van der Waals surface area contributed by atoms with Gasteiger partial charge in [-0.3, -0.25) is 24.8 Å².